The summed E-state index contributed by atoms with van der Waals surface area (Å²) in [5, 5.41) is 12.4. The number of carbonyl (C=O) groups is 4. The summed E-state index contributed by atoms with van der Waals surface area (Å²) in [5.41, 5.74) is 1.55. The maximum Gasteiger partial charge on any atom is 0.435 e. The Kier molecular flexibility index (Phi) is 12.1. The first kappa shape index (κ1) is 43.1. The Morgan fingerprint density at radius 3 is 1.94 bits per heavy atom. The first-order chi connectivity index (χ1) is 30.8. The summed E-state index contributed by atoms with van der Waals surface area (Å²) >= 11 is 0. The Hall–Kier alpha value is -7.57. The molecule has 19 heteroatoms. The molecule has 8 rings (SSSR count). The van der Waals surface area contributed by atoms with Gasteiger partial charge in [-0.1, -0.05) is 84.9 Å². The number of amides is 4. The molecule has 0 radical (unpaired) electrons. The molecule has 0 spiro atoms. The van der Waals surface area contributed by atoms with Gasteiger partial charge in [-0.2, -0.15) is 13.2 Å². The summed E-state index contributed by atoms with van der Waals surface area (Å²) in [5.74, 6) is -0.0503. The van der Waals surface area contributed by atoms with Crippen molar-refractivity contribution in [2.45, 2.75) is 56.0 Å². The number of halogens is 3. The SMILES string of the molecule is COC(=O)N[C@@H](C(=O)N1CCC[C@H]1c1ncc(-c2cnc(-c3ccc(-c4[nH]c([C@@H]5CCCN5C(=O)[C@@H](c5ccccc5)N(C)C(=O)O)nc4C(F)(F)F)cc3)nc2)[nH]1)c1ccccc1. The number of benzene rings is 3. The Morgan fingerprint density at radius 2 is 1.34 bits per heavy atom. The van der Waals surface area contributed by atoms with Gasteiger partial charge in [0.15, 0.2) is 11.5 Å². The van der Waals surface area contributed by atoms with Crippen molar-refractivity contribution in [1.29, 1.82) is 0 Å². The molecule has 2 aliphatic rings. The lowest BCUT2D eigenvalue weighted by molar-refractivity contribution is -0.140. The minimum absolute atomic E-state index is 0.0536. The minimum Gasteiger partial charge on any atom is -0.465 e. The number of likely N-dealkylation sites (tertiary alicyclic amines) is 2. The number of aromatic amines is 2. The van der Waals surface area contributed by atoms with Gasteiger partial charge in [-0.05, 0) is 36.8 Å². The smallest absolute Gasteiger partial charge is 0.435 e. The lowest BCUT2D eigenvalue weighted by Crippen LogP contribution is -2.43. The molecule has 4 N–H and O–H groups in total. The third kappa shape index (κ3) is 8.73. The molecule has 64 heavy (non-hydrogen) atoms. The van der Waals surface area contributed by atoms with E-state index in [-0.39, 0.29) is 35.6 Å². The van der Waals surface area contributed by atoms with Gasteiger partial charge in [0, 0.05) is 49.2 Å². The van der Waals surface area contributed by atoms with Gasteiger partial charge in [0.2, 0.25) is 0 Å². The molecule has 5 heterocycles. The van der Waals surface area contributed by atoms with Gasteiger partial charge in [0.25, 0.3) is 11.8 Å². The Bertz CT molecular complexity index is 2620. The second kappa shape index (κ2) is 18.0. The largest absolute Gasteiger partial charge is 0.465 e. The highest BCUT2D eigenvalue weighted by Gasteiger charge is 2.43. The monoisotopic (exact) mass is 876 g/mol. The average molecular weight is 877 g/mol. The summed E-state index contributed by atoms with van der Waals surface area (Å²) in [6.45, 7) is 0.672. The van der Waals surface area contributed by atoms with E-state index < -0.39 is 48.1 Å². The van der Waals surface area contributed by atoms with Crippen LogP contribution in [0.2, 0.25) is 0 Å². The molecule has 3 aromatic heterocycles. The molecule has 16 nitrogen and oxygen atoms in total. The fourth-order valence-corrected chi connectivity index (χ4v) is 8.36. The number of hydrogen-bond donors (Lipinski definition) is 4. The molecule has 2 fully saturated rings. The van der Waals surface area contributed by atoms with E-state index in [1.165, 1.54) is 31.2 Å². The van der Waals surface area contributed by atoms with Crippen LogP contribution in [0.5, 0.6) is 0 Å². The van der Waals surface area contributed by atoms with Gasteiger partial charge in [-0.25, -0.2) is 29.5 Å². The van der Waals surface area contributed by atoms with Gasteiger partial charge in [-0.3, -0.25) is 14.5 Å². The number of nitrogens with one attached hydrogen (secondary N) is 3. The second-order valence-electron chi connectivity index (χ2n) is 15.5. The molecule has 4 atom stereocenters. The van der Waals surface area contributed by atoms with Crippen molar-refractivity contribution in [3.05, 3.63) is 132 Å². The van der Waals surface area contributed by atoms with E-state index in [0.29, 0.717) is 65.4 Å². The first-order valence-electron chi connectivity index (χ1n) is 20.5. The summed E-state index contributed by atoms with van der Waals surface area (Å²) < 4.78 is 48.4. The third-order valence-electron chi connectivity index (χ3n) is 11.5. The van der Waals surface area contributed by atoms with Gasteiger partial charge >= 0.3 is 18.4 Å². The molecular formula is C45H43F3N10O6. The average Bonchev–Trinajstić information content (AvgIpc) is 4.15. The number of likely N-dealkylation sites (N-methyl/N-ethyl adjacent to an activating group) is 1. The summed E-state index contributed by atoms with van der Waals surface area (Å²) in [7, 11) is 2.51. The maximum absolute atomic E-state index is 14.6. The van der Waals surface area contributed by atoms with E-state index in [1.54, 1.807) is 90.2 Å². The van der Waals surface area contributed by atoms with Crippen LogP contribution in [-0.4, -0.2) is 101 Å². The van der Waals surface area contributed by atoms with Crippen LogP contribution < -0.4 is 5.32 Å². The number of carboxylic acid groups (broad SMARTS) is 1. The number of imidazole rings is 2. The molecule has 330 valence electrons. The lowest BCUT2D eigenvalue weighted by atomic mass is 10.0. The first-order valence-corrected chi connectivity index (χ1v) is 20.5. The number of aromatic nitrogens is 6. The number of nitrogens with zero attached hydrogens (tertiary/aromatic N) is 7. The quantitative estimate of drug-likeness (QED) is 0.0998. The van der Waals surface area contributed by atoms with Gasteiger partial charge in [0.1, 0.15) is 23.7 Å². The van der Waals surface area contributed by atoms with E-state index in [2.05, 4.69) is 35.2 Å². The molecular weight excluding hydrogens is 834 g/mol. The van der Waals surface area contributed by atoms with Crippen LogP contribution in [0.15, 0.2) is 104 Å². The van der Waals surface area contributed by atoms with Crippen LogP contribution in [0.25, 0.3) is 33.9 Å². The number of alkyl halides is 3. The normalized spacial score (nSPS) is 17.2. The van der Waals surface area contributed by atoms with Crippen molar-refractivity contribution in [2.24, 2.45) is 0 Å². The van der Waals surface area contributed by atoms with Crippen LogP contribution in [-0.2, 0) is 20.5 Å². The van der Waals surface area contributed by atoms with Crippen molar-refractivity contribution in [3.63, 3.8) is 0 Å². The molecule has 0 unspecified atom stereocenters. The molecule has 0 aliphatic carbocycles. The lowest BCUT2D eigenvalue weighted by Gasteiger charge is -2.32. The van der Waals surface area contributed by atoms with Crippen LogP contribution in [0.3, 0.4) is 0 Å². The molecule has 4 amide bonds. The Labute approximate surface area is 364 Å². The van der Waals surface area contributed by atoms with E-state index >= 15 is 0 Å². The van der Waals surface area contributed by atoms with Crippen LogP contribution in [0.4, 0.5) is 22.8 Å². The summed E-state index contributed by atoms with van der Waals surface area (Å²) in [6.07, 6.45) is 0.0807. The van der Waals surface area contributed by atoms with E-state index in [1.807, 2.05) is 6.07 Å². The molecule has 2 saturated heterocycles. The van der Waals surface area contributed by atoms with Crippen LogP contribution in [0.1, 0.15) is 78.3 Å². The van der Waals surface area contributed by atoms with Gasteiger partial charge < -0.3 is 34.9 Å². The predicted octanol–water partition coefficient (Wildman–Crippen LogP) is 7.72. The zero-order valence-corrected chi connectivity index (χ0v) is 34.6. The number of H-pyrrole nitrogens is 2. The highest BCUT2D eigenvalue weighted by atomic mass is 19.4. The van der Waals surface area contributed by atoms with Gasteiger partial charge in [0.05, 0.1) is 36.8 Å². The maximum atomic E-state index is 14.6. The topological polar surface area (TPSA) is 203 Å². The van der Waals surface area contributed by atoms with Crippen molar-refractivity contribution in [3.8, 4) is 33.9 Å². The predicted molar refractivity (Wildman–Crippen MR) is 225 cm³/mol. The van der Waals surface area contributed by atoms with Crippen molar-refractivity contribution < 1.29 is 42.2 Å². The van der Waals surface area contributed by atoms with E-state index in [4.69, 9.17) is 4.74 Å². The Balaban J connectivity index is 0.987. The molecule has 0 saturated carbocycles. The zero-order valence-electron chi connectivity index (χ0n) is 34.6. The van der Waals surface area contributed by atoms with Gasteiger partial charge in [-0.15, -0.1) is 0 Å². The highest BCUT2D eigenvalue weighted by molar-refractivity contribution is 5.88. The standard InChI is InChI=1S/C45H43F3N10O6/c1-56(44(62)63)36(28-13-7-4-8-14-28)42(60)58-22-10-16-33(58)40-53-34(37(55-40)45(46,47)48)27-17-19-29(20-18-27)38-49-23-30(24-50-38)31-25-51-39(52-31)32-15-9-21-57(32)41(59)35(54-43(61)64-2)26-11-5-3-6-12-26/h3-8,11-14,17-20,23-25,32-33,35-36H,9-10,15-16,21-22H2,1-2H3,(H,51,52)(H,53,55)(H,54,61)(H,62,63)/t32-,33-,35+,36+/m0/s1. The Morgan fingerprint density at radius 1 is 0.766 bits per heavy atom. The van der Waals surface area contributed by atoms with Crippen LogP contribution in [0, 0.1) is 0 Å². The van der Waals surface area contributed by atoms with E-state index in [9.17, 15) is 37.5 Å². The molecule has 3 aromatic carbocycles. The van der Waals surface area contributed by atoms with Crippen molar-refractivity contribution >= 4 is 24.0 Å². The van der Waals surface area contributed by atoms with Crippen molar-refractivity contribution in [1.82, 2.24) is 49.9 Å². The minimum atomic E-state index is -4.84. The van der Waals surface area contributed by atoms with E-state index in [0.717, 1.165) is 11.3 Å². The fourth-order valence-electron chi connectivity index (χ4n) is 8.36. The fraction of sp³-hybridized carbons (Fsp3) is 0.289. The van der Waals surface area contributed by atoms with Crippen LogP contribution >= 0.6 is 0 Å². The summed E-state index contributed by atoms with van der Waals surface area (Å²) in [4.78, 5) is 79.9. The third-order valence-corrected chi connectivity index (χ3v) is 11.5. The molecule has 6 aromatic rings. The highest BCUT2D eigenvalue weighted by Crippen LogP contribution is 2.41. The van der Waals surface area contributed by atoms with Crippen molar-refractivity contribution in [2.75, 3.05) is 27.2 Å². The molecule has 2 aliphatic heterocycles. The molecule has 0 bridgehead atoms. The number of ether oxygens (including phenoxy) is 1. The number of rotatable bonds is 11. The number of alkyl carbamates (subject to hydrolysis) is 1. The summed E-state index contributed by atoms with van der Waals surface area (Å²) in [6, 6.07) is 20.1. The zero-order chi connectivity index (χ0) is 45.1. The number of hydrogen-bond acceptors (Lipinski definition) is 9. The number of methoxy groups -OCH3 is 1. The second-order valence-corrected chi connectivity index (χ2v) is 15.5. The number of carbonyl (C=O) groups excluding carboxylic acids is 3.